The molecule has 0 fully saturated rings. The Morgan fingerprint density at radius 2 is 1.72 bits per heavy atom. The standard InChI is InChI=1S/C15H23NO2/c1-11-9-13(3)14(10-12(11)2)5-7-16(4)8-6-15(17)18/h9-10H,5-8H2,1-4H3,(H,17,18). The van der Waals surface area contributed by atoms with E-state index in [4.69, 9.17) is 5.11 Å². The van der Waals surface area contributed by atoms with Crippen molar-refractivity contribution in [2.45, 2.75) is 33.6 Å². The van der Waals surface area contributed by atoms with Crippen molar-refractivity contribution in [3.05, 3.63) is 34.4 Å². The van der Waals surface area contributed by atoms with Crippen LogP contribution in [0.5, 0.6) is 0 Å². The average Bonchev–Trinajstić information content (AvgIpc) is 2.29. The molecule has 0 heterocycles. The van der Waals surface area contributed by atoms with Gasteiger partial charge in [-0.25, -0.2) is 0 Å². The Balaban J connectivity index is 2.53. The Bertz CT molecular complexity index is 427. The Morgan fingerprint density at radius 1 is 1.11 bits per heavy atom. The van der Waals surface area contributed by atoms with Gasteiger partial charge < -0.3 is 10.0 Å². The third-order valence-electron chi connectivity index (χ3n) is 3.42. The Kier molecular flexibility index (Phi) is 5.35. The van der Waals surface area contributed by atoms with Gasteiger partial charge in [-0.2, -0.15) is 0 Å². The van der Waals surface area contributed by atoms with Crippen LogP contribution in [0.2, 0.25) is 0 Å². The van der Waals surface area contributed by atoms with Crippen LogP contribution in [0.15, 0.2) is 12.1 Å². The summed E-state index contributed by atoms with van der Waals surface area (Å²) >= 11 is 0. The second kappa shape index (κ2) is 6.55. The minimum Gasteiger partial charge on any atom is -0.481 e. The number of carbonyl (C=O) groups is 1. The molecule has 1 rings (SSSR count). The molecule has 0 aromatic heterocycles. The lowest BCUT2D eigenvalue weighted by atomic mass is 9.99. The summed E-state index contributed by atoms with van der Waals surface area (Å²) in [5.41, 5.74) is 5.34. The van der Waals surface area contributed by atoms with E-state index in [1.165, 1.54) is 22.3 Å². The highest BCUT2D eigenvalue weighted by Crippen LogP contribution is 2.16. The van der Waals surface area contributed by atoms with Gasteiger partial charge in [-0.3, -0.25) is 4.79 Å². The Hall–Kier alpha value is -1.35. The van der Waals surface area contributed by atoms with Crippen molar-refractivity contribution in [3.63, 3.8) is 0 Å². The zero-order valence-corrected chi connectivity index (χ0v) is 11.8. The summed E-state index contributed by atoms with van der Waals surface area (Å²) in [6.07, 6.45) is 1.19. The molecule has 0 spiro atoms. The van der Waals surface area contributed by atoms with Crippen LogP contribution in [0.3, 0.4) is 0 Å². The lowest BCUT2D eigenvalue weighted by Gasteiger charge is -2.17. The summed E-state index contributed by atoms with van der Waals surface area (Å²) in [5, 5.41) is 8.63. The van der Waals surface area contributed by atoms with Crippen LogP contribution >= 0.6 is 0 Å². The average molecular weight is 249 g/mol. The van der Waals surface area contributed by atoms with E-state index in [0.717, 1.165) is 13.0 Å². The topological polar surface area (TPSA) is 40.5 Å². The maximum absolute atomic E-state index is 10.5. The Morgan fingerprint density at radius 3 is 2.33 bits per heavy atom. The largest absolute Gasteiger partial charge is 0.481 e. The molecule has 3 nitrogen and oxygen atoms in total. The van der Waals surface area contributed by atoms with Gasteiger partial charge in [0.05, 0.1) is 6.42 Å². The van der Waals surface area contributed by atoms with Gasteiger partial charge >= 0.3 is 5.97 Å². The van der Waals surface area contributed by atoms with Crippen LogP contribution in [0.4, 0.5) is 0 Å². The summed E-state index contributed by atoms with van der Waals surface area (Å²) in [7, 11) is 1.97. The number of benzene rings is 1. The second-order valence-corrected chi connectivity index (χ2v) is 5.06. The van der Waals surface area contributed by atoms with Gasteiger partial charge in [-0.1, -0.05) is 12.1 Å². The molecule has 100 valence electrons. The minimum absolute atomic E-state index is 0.211. The molecule has 0 unspecified atom stereocenters. The summed E-state index contributed by atoms with van der Waals surface area (Å²) in [4.78, 5) is 12.6. The number of nitrogens with zero attached hydrogens (tertiary/aromatic N) is 1. The van der Waals surface area contributed by atoms with Gasteiger partial charge in [-0.05, 0) is 56.5 Å². The summed E-state index contributed by atoms with van der Waals surface area (Å²) in [6, 6.07) is 4.47. The highest BCUT2D eigenvalue weighted by atomic mass is 16.4. The summed E-state index contributed by atoms with van der Waals surface area (Å²) in [5.74, 6) is -0.732. The van der Waals surface area contributed by atoms with Gasteiger partial charge in [-0.15, -0.1) is 0 Å². The number of likely N-dealkylation sites (N-methyl/N-ethyl adjacent to an activating group) is 1. The van der Waals surface area contributed by atoms with Gasteiger partial charge in [0.1, 0.15) is 0 Å². The maximum atomic E-state index is 10.5. The van der Waals surface area contributed by atoms with Crippen molar-refractivity contribution < 1.29 is 9.90 Å². The fourth-order valence-electron chi connectivity index (χ4n) is 2.00. The molecule has 0 aliphatic carbocycles. The monoisotopic (exact) mass is 249 g/mol. The molecule has 0 saturated heterocycles. The number of hydrogen-bond acceptors (Lipinski definition) is 2. The summed E-state index contributed by atoms with van der Waals surface area (Å²) in [6.45, 7) is 7.91. The second-order valence-electron chi connectivity index (χ2n) is 5.06. The number of aryl methyl sites for hydroxylation is 3. The van der Waals surface area contributed by atoms with Crippen LogP contribution in [-0.4, -0.2) is 36.1 Å². The Labute approximate surface area is 109 Å². The third-order valence-corrected chi connectivity index (χ3v) is 3.42. The maximum Gasteiger partial charge on any atom is 0.304 e. The van der Waals surface area contributed by atoms with E-state index >= 15 is 0 Å². The number of aliphatic carboxylic acids is 1. The molecule has 0 aliphatic rings. The van der Waals surface area contributed by atoms with Crippen molar-refractivity contribution in [1.82, 2.24) is 4.90 Å². The molecule has 0 radical (unpaired) electrons. The normalized spacial score (nSPS) is 10.9. The molecule has 0 bridgehead atoms. The number of rotatable bonds is 6. The first-order valence-corrected chi connectivity index (χ1v) is 6.37. The highest BCUT2D eigenvalue weighted by molar-refractivity contribution is 5.66. The molecule has 1 aromatic rings. The lowest BCUT2D eigenvalue weighted by Crippen LogP contribution is -2.24. The first-order valence-electron chi connectivity index (χ1n) is 6.37. The van der Waals surface area contributed by atoms with E-state index in [1.807, 2.05) is 7.05 Å². The number of carboxylic acid groups (broad SMARTS) is 1. The number of hydrogen-bond donors (Lipinski definition) is 1. The fourth-order valence-corrected chi connectivity index (χ4v) is 2.00. The first-order chi connectivity index (χ1) is 8.40. The van der Waals surface area contributed by atoms with E-state index in [9.17, 15) is 4.79 Å². The lowest BCUT2D eigenvalue weighted by molar-refractivity contribution is -0.137. The van der Waals surface area contributed by atoms with E-state index < -0.39 is 5.97 Å². The van der Waals surface area contributed by atoms with Crippen LogP contribution in [0.1, 0.15) is 28.7 Å². The van der Waals surface area contributed by atoms with Crippen molar-refractivity contribution in [1.29, 1.82) is 0 Å². The zero-order valence-electron chi connectivity index (χ0n) is 11.8. The molecule has 1 N–H and O–H groups in total. The molecular weight excluding hydrogens is 226 g/mol. The third kappa shape index (κ3) is 4.49. The van der Waals surface area contributed by atoms with E-state index in [-0.39, 0.29) is 6.42 Å². The van der Waals surface area contributed by atoms with Gasteiger partial charge in [0.2, 0.25) is 0 Å². The van der Waals surface area contributed by atoms with Crippen LogP contribution in [0, 0.1) is 20.8 Å². The first kappa shape index (κ1) is 14.7. The van der Waals surface area contributed by atoms with Crippen molar-refractivity contribution >= 4 is 5.97 Å². The fraction of sp³-hybridized carbons (Fsp3) is 0.533. The number of carboxylic acids is 1. The molecule has 3 heteroatoms. The zero-order chi connectivity index (χ0) is 13.7. The molecule has 0 aliphatic heterocycles. The minimum atomic E-state index is -0.732. The van der Waals surface area contributed by atoms with Crippen molar-refractivity contribution in [2.75, 3.05) is 20.1 Å². The molecule has 1 aromatic carbocycles. The van der Waals surface area contributed by atoms with Crippen LogP contribution in [0.25, 0.3) is 0 Å². The molecule has 0 amide bonds. The quantitative estimate of drug-likeness (QED) is 0.842. The predicted molar refractivity (Wildman–Crippen MR) is 74.1 cm³/mol. The van der Waals surface area contributed by atoms with E-state index in [2.05, 4.69) is 37.8 Å². The summed E-state index contributed by atoms with van der Waals surface area (Å²) < 4.78 is 0. The van der Waals surface area contributed by atoms with Gasteiger partial charge in [0.15, 0.2) is 0 Å². The van der Waals surface area contributed by atoms with E-state index in [0.29, 0.717) is 6.54 Å². The molecule has 0 saturated carbocycles. The highest BCUT2D eigenvalue weighted by Gasteiger charge is 2.05. The molecule has 18 heavy (non-hydrogen) atoms. The van der Waals surface area contributed by atoms with Crippen molar-refractivity contribution in [2.24, 2.45) is 0 Å². The van der Waals surface area contributed by atoms with Crippen molar-refractivity contribution in [3.8, 4) is 0 Å². The predicted octanol–water partition coefficient (Wildman–Crippen LogP) is 2.56. The van der Waals surface area contributed by atoms with Crippen LogP contribution in [-0.2, 0) is 11.2 Å². The van der Waals surface area contributed by atoms with Gasteiger partial charge in [0, 0.05) is 13.1 Å². The van der Waals surface area contributed by atoms with Gasteiger partial charge in [0.25, 0.3) is 0 Å². The smallest absolute Gasteiger partial charge is 0.304 e. The SMILES string of the molecule is Cc1cc(C)c(CCN(C)CCC(=O)O)cc1C. The van der Waals surface area contributed by atoms with E-state index in [1.54, 1.807) is 0 Å². The van der Waals surface area contributed by atoms with Crippen LogP contribution < -0.4 is 0 Å². The molecule has 0 atom stereocenters. The molecular formula is C15H23NO2.